The lowest BCUT2D eigenvalue weighted by molar-refractivity contribution is 0.322. The normalized spacial score (nSPS) is 10.7. The third-order valence-electron chi connectivity index (χ3n) is 1.88. The van der Waals surface area contributed by atoms with E-state index in [1.54, 1.807) is 11.8 Å². The maximum atomic E-state index is 8.62. The Labute approximate surface area is 83.1 Å². The molecule has 0 unspecified atom stereocenters. The molecule has 0 aliphatic heterocycles. The highest BCUT2D eigenvalue weighted by Crippen LogP contribution is 2.12. The average Bonchev–Trinajstić information content (AvgIpc) is 2.48. The van der Waals surface area contributed by atoms with Crippen LogP contribution in [0.1, 0.15) is 18.3 Å². The van der Waals surface area contributed by atoms with E-state index in [2.05, 4.69) is 18.1 Å². The molecule has 1 heterocycles. The second-order valence-corrected chi connectivity index (χ2v) is 3.99. The molecule has 0 aliphatic carbocycles. The van der Waals surface area contributed by atoms with Gasteiger partial charge in [0, 0.05) is 24.2 Å². The fraction of sp³-hybridized carbons (Fsp3) is 0.667. The lowest BCUT2D eigenvalue weighted by Crippen LogP contribution is -1.97. The zero-order valence-electron chi connectivity index (χ0n) is 8.16. The van der Waals surface area contributed by atoms with Gasteiger partial charge in [0.1, 0.15) is 0 Å². The lowest BCUT2D eigenvalue weighted by Gasteiger charge is -1.99. The van der Waals surface area contributed by atoms with Gasteiger partial charge in [-0.1, -0.05) is 6.92 Å². The average molecular weight is 200 g/mol. The predicted molar refractivity (Wildman–Crippen MR) is 55.8 cm³/mol. The van der Waals surface area contributed by atoms with Crippen LogP contribution in [-0.2, 0) is 19.2 Å². The van der Waals surface area contributed by atoms with Gasteiger partial charge in [-0.2, -0.15) is 16.9 Å². The first-order valence-electron chi connectivity index (χ1n) is 4.48. The number of aromatic nitrogens is 2. The summed E-state index contributed by atoms with van der Waals surface area (Å²) in [5.74, 6) is 1.73. The van der Waals surface area contributed by atoms with Crippen molar-refractivity contribution in [2.75, 3.05) is 12.4 Å². The first kappa shape index (κ1) is 10.6. The van der Waals surface area contributed by atoms with Crippen LogP contribution in [0.25, 0.3) is 0 Å². The number of hydrogen-bond donors (Lipinski definition) is 1. The van der Waals surface area contributed by atoms with E-state index < -0.39 is 0 Å². The van der Waals surface area contributed by atoms with E-state index in [4.69, 9.17) is 5.11 Å². The zero-order chi connectivity index (χ0) is 9.68. The molecule has 0 fully saturated rings. The monoisotopic (exact) mass is 200 g/mol. The lowest BCUT2D eigenvalue weighted by atomic mass is 10.3. The first-order chi connectivity index (χ1) is 6.27. The van der Waals surface area contributed by atoms with Crippen molar-refractivity contribution in [3.63, 3.8) is 0 Å². The van der Waals surface area contributed by atoms with Gasteiger partial charge in [-0.15, -0.1) is 0 Å². The summed E-state index contributed by atoms with van der Waals surface area (Å²) in [6, 6.07) is 2.13. The van der Waals surface area contributed by atoms with Gasteiger partial charge in [0.2, 0.25) is 0 Å². The minimum absolute atomic E-state index is 0.253. The molecule has 0 aromatic carbocycles. The number of rotatable bonds is 5. The van der Waals surface area contributed by atoms with Crippen LogP contribution in [0.5, 0.6) is 0 Å². The summed E-state index contributed by atoms with van der Waals surface area (Å²) in [5.41, 5.74) is 2.37. The van der Waals surface area contributed by atoms with E-state index in [1.165, 1.54) is 5.69 Å². The van der Waals surface area contributed by atoms with Crippen molar-refractivity contribution < 1.29 is 5.11 Å². The minimum atomic E-state index is 0.253. The molecule has 1 aromatic heterocycles. The Morgan fingerprint density at radius 3 is 2.92 bits per heavy atom. The molecule has 1 rings (SSSR count). The van der Waals surface area contributed by atoms with Crippen LogP contribution in [-0.4, -0.2) is 27.2 Å². The van der Waals surface area contributed by atoms with E-state index in [9.17, 15) is 0 Å². The molecule has 4 heteroatoms. The first-order valence-corrected chi connectivity index (χ1v) is 5.63. The van der Waals surface area contributed by atoms with Crippen LogP contribution in [0.2, 0.25) is 0 Å². The third kappa shape index (κ3) is 3.04. The van der Waals surface area contributed by atoms with Gasteiger partial charge in [0.05, 0.1) is 12.3 Å². The molecule has 3 nitrogen and oxygen atoms in total. The Hall–Kier alpha value is -0.480. The summed E-state index contributed by atoms with van der Waals surface area (Å²) in [7, 11) is 1.97. The quantitative estimate of drug-likeness (QED) is 0.726. The summed E-state index contributed by atoms with van der Waals surface area (Å²) in [6.07, 6.45) is 0.985. The number of nitrogens with zero attached hydrogens (tertiary/aromatic N) is 2. The highest BCUT2D eigenvalue weighted by atomic mass is 32.2. The Morgan fingerprint density at radius 1 is 1.62 bits per heavy atom. The Bertz CT molecular complexity index is 260. The molecule has 1 N–H and O–H groups in total. The number of aliphatic hydroxyl groups is 1. The third-order valence-corrected chi connectivity index (χ3v) is 2.85. The van der Waals surface area contributed by atoms with E-state index >= 15 is 0 Å². The number of thioether (sulfide) groups is 1. The highest BCUT2D eigenvalue weighted by Gasteiger charge is 2.02. The van der Waals surface area contributed by atoms with Gasteiger partial charge in [0.25, 0.3) is 0 Å². The van der Waals surface area contributed by atoms with Crippen LogP contribution < -0.4 is 0 Å². The van der Waals surface area contributed by atoms with E-state index in [1.807, 2.05) is 11.7 Å². The topological polar surface area (TPSA) is 38.0 Å². The van der Waals surface area contributed by atoms with Crippen molar-refractivity contribution in [3.05, 3.63) is 17.5 Å². The molecule has 0 radical (unpaired) electrons. The molecule has 1 aromatic rings. The van der Waals surface area contributed by atoms with Crippen LogP contribution in [0.3, 0.4) is 0 Å². The van der Waals surface area contributed by atoms with Crippen LogP contribution >= 0.6 is 11.8 Å². The number of aryl methyl sites for hydroxylation is 2. The van der Waals surface area contributed by atoms with Gasteiger partial charge in [-0.25, -0.2) is 0 Å². The summed E-state index contributed by atoms with van der Waals surface area (Å²) < 4.78 is 1.92. The van der Waals surface area contributed by atoms with Crippen molar-refractivity contribution in [2.24, 2.45) is 7.05 Å². The fourth-order valence-electron chi connectivity index (χ4n) is 1.12. The molecule has 74 valence electrons. The molecule has 0 bridgehead atoms. The molecule has 0 atom stereocenters. The van der Waals surface area contributed by atoms with Gasteiger partial charge >= 0.3 is 0 Å². The van der Waals surface area contributed by atoms with Gasteiger partial charge in [0.15, 0.2) is 0 Å². The minimum Gasteiger partial charge on any atom is -0.396 e. The van der Waals surface area contributed by atoms with Gasteiger partial charge < -0.3 is 5.11 Å². The zero-order valence-corrected chi connectivity index (χ0v) is 8.97. The van der Waals surface area contributed by atoms with E-state index in [-0.39, 0.29) is 6.61 Å². The van der Waals surface area contributed by atoms with Crippen LogP contribution in [0.4, 0.5) is 0 Å². The molecule has 0 amide bonds. The molecule has 0 saturated carbocycles. The van der Waals surface area contributed by atoms with Crippen molar-refractivity contribution in [3.8, 4) is 0 Å². The Balaban J connectivity index is 2.50. The molecular formula is C9H16N2OS. The predicted octanol–water partition coefficient (Wildman–Crippen LogP) is 1.21. The summed E-state index contributed by atoms with van der Waals surface area (Å²) in [5, 5.41) is 13.0. The van der Waals surface area contributed by atoms with Crippen LogP contribution in [0.15, 0.2) is 6.07 Å². The summed E-state index contributed by atoms with van der Waals surface area (Å²) >= 11 is 1.73. The maximum absolute atomic E-state index is 8.62. The largest absolute Gasteiger partial charge is 0.396 e. The standard InChI is InChI=1S/C9H16N2OS/c1-3-8-6-9(11(2)10-8)7-13-5-4-12/h6,12H,3-5,7H2,1-2H3. The van der Waals surface area contributed by atoms with Crippen LogP contribution in [0, 0.1) is 0 Å². The fourth-order valence-corrected chi connectivity index (χ4v) is 1.87. The number of hydrogen-bond acceptors (Lipinski definition) is 3. The van der Waals surface area contributed by atoms with Crippen molar-refractivity contribution in [1.82, 2.24) is 9.78 Å². The molecule has 0 spiro atoms. The second kappa shape index (κ2) is 5.29. The number of aliphatic hydroxyl groups excluding tert-OH is 1. The molecular weight excluding hydrogens is 184 g/mol. The second-order valence-electron chi connectivity index (χ2n) is 2.88. The molecule has 0 saturated heterocycles. The SMILES string of the molecule is CCc1cc(CSCCO)n(C)n1. The Morgan fingerprint density at radius 2 is 2.38 bits per heavy atom. The van der Waals surface area contributed by atoms with E-state index in [0.29, 0.717) is 0 Å². The maximum Gasteiger partial charge on any atom is 0.0624 e. The van der Waals surface area contributed by atoms with Crippen molar-refractivity contribution in [1.29, 1.82) is 0 Å². The van der Waals surface area contributed by atoms with Gasteiger partial charge in [-0.3, -0.25) is 4.68 Å². The molecule has 0 aliphatic rings. The van der Waals surface area contributed by atoms with E-state index in [0.717, 1.165) is 23.6 Å². The Kier molecular flexibility index (Phi) is 4.32. The van der Waals surface area contributed by atoms with Crippen molar-refractivity contribution in [2.45, 2.75) is 19.1 Å². The molecule has 13 heavy (non-hydrogen) atoms. The highest BCUT2D eigenvalue weighted by molar-refractivity contribution is 7.98. The summed E-state index contributed by atoms with van der Waals surface area (Å²) in [4.78, 5) is 0. The smallest absolute Gasteiger partial charge is 0.0624 e. The van der Waals surface area contributed by atoms with Crippen molar-refractivity contribution >= 4 is 11.8 Å². The summed E-state index contributed by atoms with van der Waals surface area (Å²) in [6.45, 7) is 2.36. The van der Waals surface area contributed by atoms with Gasteiger partial charge in [-0.05, 0) is 12.5 Å².